The fourth-order valence-electron chi connectivity index (χ4n) is 5.11. The molecule has 2 aromatic rings. The van der Waals surface area contributed by atoms with Crippen LogP contribution in [-0.4, -0.2) is 53.9 Å². The standard InChI is InChI=1S/C25H35ClN4O3/c1-17-23(25(31)28-29-12-5-4-6-13-29)27-24(21-15-19(26)10-11-22(21)33-3)30(17)16-18-8-7-9-20(14-18)32-2/h10-11,15,18,20H,4-9,12-14,16H2,1-3H3,(H,28,31)/t18-,20-/m0/s1. The fraction of sp³-hybridized carbons (Fsp3) is 0.600. The summed E-state index contributed by atoms with van der Waals surface area (Å²) in [6.45, 7) is 4.51. The van der Waals surface area contributed by atoms with Crippen LogP contribution in [0.25, 0.3) is 11.4 Å². The van der Waals surface area contributed by atoms with Crippen LogP contribution < -0.4 is 10.2 Å². The number of benzene rings is 1. The highest BCUT2D eigenvalue weighted by Gasteiger charge is 2.28. The lowest BCUT2D eigenvalue weighted by Gasteiger charge is -2.29. The van der Waals surface area contributed by atoms with Gasteiger partial charge in [-0.05, 0) is 63.1 Å². The molecule has 2 aliphatic rings. The molecule has 2 fully saturated rings. The van der Waals surface area contributed by atoms with Crippen LogP contribution in [0.2, 0.25) is 5.02 Å². The van der Waals surface area contributed by atoms with Crippen LogP contribution in [0, 0.1) is 12.8 Å². The number of carbonyl (C=O) groups is 1. The first kappa shape index (κ1) is 24.0. The van der Waals surface area contributed by atoms with Gasteiger partial charge in [0.2, 0.25) is 0 Å². The lowest BCUT2D eigenvalue weighted by atomic mass is 9.87. The second-order valence-electron chi connectivity index (χ2n) is 9.20. The number of rotatable bonds is 7. The van der Waals surface area contributed by atoms with Crippen LogP contribution in [0.1, 0.15) is 61.1 Å². The Kier molecular flexibility index (Phi) is 7.94. The number of nitrogens with one attached hydrogen (secondary N) is 1. The smallest absolute Gasteiger partial charge is 0.286 e. The Morgan fingerprint density at radius 1 is 1.18 bits per heavy atom. The van der Waals surface area contributed by atoms with Gasteiger partial charge in [-0.3, -0.25) is 10.2 Å². The Hall–Kier alpha value is -2.09. The van der Waals surface area contributed by atoms with Crippen molar-refractivity contribution in [1.82, 2.24) is 20.0 Å². The van der Waals surface area contributed by atoms with E-state index in [-0.39, 0.29) is 5.91 Å². The molecule has 7 nitrogen and oxygen atoms in total. The van der Waals surface area contributed by atoms with Gasteiger partial charge in [0.05, 0.1) is 18.8 Å². The van der Waals surface area contributed by atoms with E-state index in [1.54, 1.807) is 20.3 Å². The van der Waals surface area contributed by atoms with Gasteiger partial charge < -0.3 is 14.0 Å². The minimum atomic E-state index is -0.159. The number of carbonyl (C=O) groups excluding carboxylic acids is 1. The van der Waals surface area contributed by atoms with Crippen molar-refractivity contribution < 1.29 is 14.3 Å². The number of hydrogen-bond acceptors (Lipinski definition) is 5. The molecular weight excluding hydrogens is 440 g/mol. The minimum absolute atomic E-state index is 0.159. The Morgan fingerprint density at radius 3 is 2.70 bits per heavy atom. The quantitative estimate of drug-likeness (QED) is 0.620. The lowest BCUT2D eigenvalue weighted by Crippen LogP contribution is -2.45. The molecule has 2 atom stereocenters. The van der Waals surface area contributed by atoms with Gasteiger partial charge in [-0.1, -0.05) is 24.4 Å². The number of hydrogen-bond donors (Lipinski definition) is 1. The summed E-state index contributed by atoms with van der Waals surface area (Å²) in [6, 6.07) is 5.52. The van der Waals surface area contributed by atoms with Crippen molar-refractivity contribution in [3.63, 3.8) is 0 Å². The van der Waals surface area contributed by atoms with E-state index in [9.17, 15) is 4.79 Å². The molecule has 33 heavy (non-hydrogen) atoms. The zero-order valence-corrected chi connectivity index (χ0v) is 20.7. The van der Waals surface area contributed by atoms with Crippen molar-refractivity contribution in [3.8, 4) is 17.1 Å². The molecule has 1 saturated heterocycles. The summed E-state index contributed by atoms with van der Waals surface area (Å²) in [7, 11) is 3.43. The van der Waals surface area contributed by atoms with E-state index in [4.69, 9.17) is 26.1 Å². The van der Waals surface area contributed by atoms with Gasteiger partial charge in [0.25, 0.3) is 5.91 Å². The molecule has 8 heteroatoms. The highest BCUT2D eigenvalue weighted by Crippen LogP contribution is 2.35. The maximum atomic E-state index is 13.2. The fourth-order valence-corrected chi connectivity index (χ4v) is 5.29. The van der Waals surface area contributed by atoms with E-state index >= 15 is 0 Å². The third-order valence-corrected chi connectivity index (χ3v) is 7.20. The number of imidazole rings is 1. The molecule has 1 N–H and O–H groups in total. The first-order valence-corrected chi connectivity index (χ1v) is 12.4. The summed E-state index contributed by atoms with van der Waals surface area (Å²) < 4.78 is 13.4. The van der Waals surface area contributed by atoms with Crippen LogP contribution in [0.5, 0.6) is 5.75 Å². The SMILES string of the molecule is COc1ccc(Cl)cc1-c1nc(C(=O)NN2CCCCC2)c(C)n1C[C@H]1CCC[C@H](OC)C1. The number of hydrazine groups is 1. The lowest BCUT2D eigenvalue weighted by molar-refractivity contribution is 0.0471. The summed E-state index contributed by atoms with van der Waals surface area (Å²) in [4.78, 5) is 18.1. The van der Waals surface area contributed by atoms with Gasteiger partial charge in [-0.15, -0.1) is 0 Å². The summed E-state index contributed by atoms with van der Waals surface area (Å²) in [5.41, 5.74) is 5.18. The van der Waals surface area contributed by atoms with E-state index in [2.05, 4.69) is 9.99 Å². The van der Waals surface area contributed by atoms with Crippen LogP contribution in [-0.2, 0) is 11.3 Å². The van der Waals surface area contributed by atoms with E-state index in [1.165, 1.54) is 6.42 Å². The molecule has 1 amide bonds. The molecule has 180 valence electrons. The van der Waals surface area contributed by atoms with Gasteiger partial charge in [0.1, 0.15) is 11.6 Å². The molecule has 4 rings (SSSR count). The van der Waals surface area contributed by atoms with Gasteiger partial charge in [0, 0.05) is 37.5 Å². The molecular formula is C25H35ClN4O3. The molecule has 0 spiro atoms. The Labute approximate surface area is 201 Å². The van der Waals surface area contributed by atoms with Crippen molar-refractivity contribution in [3.05, 3.63) is 34.6 Å². The number of ether oxygens (including phenoxy) is 2. The van der Waals surface area contributed by atoms with Gasteiger partial charge in [-0.25, -0.2) is 9.99 Å². The maximum absolute atomic E-state index is 13.2. The van der Waals surface area contributed by atoms with Crippen molar-refractivity contribution in [2.45, 2.75) is 64.5 Å². The van der Waals surface area contributed by atoms with Gasteiger partial charge in [-0.2, -0.15) is 0 Å². The molecule has 1 aliphatic carbocycles. The summed E-state index contributed by atoms with van der Waals surface area (Å²) >= 11 is 6.35. The van der Waals surface area contributed by atoms with E-state index in [1.807, 2.05) is 24.1 Å². The molecule has 0 bridgehead atoms. The first-order valence-electron chi connectivity index (χ1n) is 12.0. The number of halogens is 1. The Bertz CT molecular complexity index is 971. The van der Waals surface area contributed by atoms with Crippen LogP contribution in [0.15, 0.2) is 18.2 Å². The van der Waals surface area contributed by atoms with E-state index in [0.29, 0.717) is 28.5 Å². The van der Waals surface area contributed by atoms with Crippen molar-refractivity contribution in [2.24, 2.45) is 5.92 Å². The third kappa shape index (κ3) is 5.53. The molecule has 1 saturated carbocycles. The number of piperidine rings is 1. The first-order chi connectivity index (χ1) is 16.0. The highest BCUT2D eigenvalue weighted by molar-refractivity contribution is 6.30. The average molecular weight is 475 g/mol. The Morgan fingerprint density at radius 2 is 1.97 bits per heavy atom. The second kappa shape index (κ2) is 10.9. The zero-order valence-electron chi connectivity index (χ0n) is 19.9. The maximum Gasteiger partial charge on any atom is 0.286 e. The summed E-state index contributed by atoms with van der Waals surface area (Å²) in [6.07, 6.45) is 8.10. The average Bonchev–Trinajstić information content (AvgIpc) is 3.15. The van der Waals surface area contributed by atoms with E-state index in [0.717, 1.165) is 75.2 Å². The minimum Gasteiger partial charge on any atom is -0.496 e. The number of nitrogens with zero attached hydrogens (tertiary/aromatic N) is 3. The van der Waals surface area contributed by atoms with Crippen molar-refractivity contribution in [1.29, 1.82) is 0 Å². The number of amides is 1. The largest absolute Gasteiger partial charge is 0.496 e. The van der Waals surface area contributed by atoms with Crippen LogP contribution in [0.4, 0.5) is 0 Å². The van der Waals surface area contributed by atoms with Crippen LogP contribution >= 0.6 is 11.6 Å². The molecule has 0 unspecified atom stereocenters. The van der Waals surface area contributed by atoms with Gasteiger partial charge >= 0.3 is 0 Å². The normalized spacial score (nSPS) is 21.7. The van der Waals surface area contributed by atoms with Crippen molar-refractivity contribution in [2.75, 3.05) is 27.3 Å². The molecule has 1 aromatic carbocycles. The topological polar surface area (TPSA) is 68.6 Å². The zero-order chi connectivity index (χ0) is 23.4. The van der Waals surface area contributed by atoms with Gasteiger partial charge in [0.15, 0.2) is 5.69 Å². The predicted molar refractivity (Wildman–Crippen MR) is 130 cm³/mol. The van der Waals surface area contributed by atoms with Crippen LogP contribution in [0.3, 0.4) is 0 Å². The van der Waals surface area contributed by atoms with E-state index < -0.39 is 0 Å². The predicted octanol–water partition coefficient (Wildman–Crippen LogP) is 4.86. The summed E-state index contributed by atoms with van der Waals surface area (Å²) in [5.74, 6) is 1.70. The Balaban J connectivity index is 1.69. The molecule has 0 radical (unpaired) electrons. The molecule has 2 heterocycles. The second-order valence-corrected chi connectivity index (χ2v) is 9.64. The van der Waals surface area contributed by atoms with Crippen molar-refractivity contribution >= 4 is 17.5 Å². The third-order valence-electron chi connectivity index (χ3n) is 6.96. The monoisotopic (exact) mass is 474 g/mol. The molecule has 1 aliphatic heterocycles. The summed E-state index contributed by atoms with van der Waals surface area (Å²) in [5, 5.41) is 2.61. The number of aromatic nitrogens is 2. The number of methoxy groups -OCH3 is 2. The molecule has 1 aromatic heterocycles. The highest BCUT2D eigenvalue weighted by atomic mass is 35.5.